The van der Waals surface area contributed by atoms with Gasteiger partial charge in [0.15, 0.2) is 0 Å². The lowest BCUT2D eigenvalue weighted by atomic mass is 9.96. The Morgan fingerprint density at radius 3 is 2.21 bits per heavy atom. The first kappa shape index (κ1) is 20.8. The van der Waals surface area contributed by atoms with Gasteiger partial charge in [0.1, 0.15) is 17.2 Å². The Balaban J connectivity index is 2.05. The smallest absolute Gasteiger partial charge is 0.303 e. The molecule has 2 aromatic carbocycles. The quantitative estimate of drug-likeness (QED) is 0.699. The number of carboxylic acids is 1. The molecule has 1 atom stereocenters. The second-order valence-corrected chi connectivity index (χ2v) is 8.50. The summed E-state index contributed by atoms with van der Waals surface area (Å²) in [6.07, 6.45) is 0.269. The molecule has 0 aliphatic carbocycles. The highest BCUT2D eigenvalue weighted by molar-refractivity contribution is 7.92. The van der Waals surface area contributed by atoms with Gasteiger partial charge in [-0.1, -0.05) is 0 Å². The number of carboxylic acid groups (broad SMARTS) is 1. The molecule has 3 rings (SSSR count). The fraction of sp³-hybridized carbons (Fsp3) is 0.350. The summed E-state index contributed by atoms with van der Waals surface area (Å²) in [6, 6.07) is 9.61. The molecule has 0 saturated heterocycles. The molecule has 0 fully saturated rings. The monoisotopic (exact) mass is 421 g/mol. The van der Waals surface area contributed by atoms with Gasteiger partial charge >= 0.3 is 5.97 Å². The topological polar surface area (TPSA) is 102 Å². The first-order chi connectivity index (χ1) is 13.8. The van der Waals surface area contributed by atoms with E-state index in [0.717, 1.165) is 5.56 Å². The minimum atomic E-state index is -3.92. The molecule has 1 N–H and O–H groups in total. The molecule has 2 aromatic rings. The third-order valence-corrected chi connectivity index (χ3v) is 6.71. The third-order valence-electron chi connectivity index (χ3n) is 4.95. The standard InChI is InChI=1S/C20H23NO7S/c1-26-14-5-6-19-18(11-14)13(4-7-20(22)23)12-21(19)29(24,25)17-9-15(27-2)8-16(10-17)28-3/h5-6,8-11,13H,4,7,12H2,1-3H3,(H,22,23). The van der Waals surface area contributed by atoms with Crippen LogP contribution in [0.25, 0.3) is 0 Å². The van der Waals surface area contributed by atoms with Crippen molar-refractivity contribution >= 4 is 21.7 Å². The number of anilines is 1. The number of methoxy groups -OCH3 is 3. The Morgan fingerprint density at radius 1 is 1.03 bits per heavy atom. The summed E-state index contributed by atoms with van der Waals surface area (Å²) in [7, 11) is 0.502. The zero-order valence-electron chi connectivity index (χ0n) is 16.4. The van der Waals surface area contributed by atoms with Crippen molar-refractivity contribution in [3.63, 3.8) is 0 Å². The molecule has 0 spiro atoms. The second kappa shape index (κ2) is 8.20. The lowest BCUT2D eigenvalue weighted by Crippen LogP contribution is -2.30. The lowest BCUT2D eigenvalue weighted by Gasteiger charge is -2.21. The number of aliphatic carboxylic acids is 1. The van der Waals surface area contributed by atoms with Gasteiger partial charge in [0, 0.05) is 37.1 Å². The zero-order valence-corrected chi connectivity index (χ0v) is 17.2. The van der Waals surface area contributed by atoms with Gasteiger partial charge in [-0.2, -0.15) is 0 Å². The van der Waals surface area contributed by atoms with E-state index < -0.39 is 16.0 Å². The molecule has 1 heterocycles. The van der Waals surface area contributed by atoms with Crippen molar-refractivity contribution in [1.82, 2.24) is 0 Å². The fourth-order valence-electron chi connectivity index (χ4n) is 3.44. The number of ether oxygens (including phenoxy) is 3. The molecule has 0 aromatic heterocycles. The van der Waals surface area contributed by atoms with E-state index in [1.54, 1.807) is 24.3 Å². The van der Waals surface area contributed by atoms with Crippen LogP contribution in [0.2, 0.25) is 0 Å². The fourth-order valence-corrected chi connectivity index (χ4v) is 5.03. The minimum Gasteiger partial charge on any atom is -0.497 e. The molecular formula is C20H23NO7S. The molecule has 0 radical (unpaired) electrons. The van der Waals surface area contributed by atoms with Crippen LogP contribution in [-0.2, 0) is 14.8 Å². The van der Waals surface area contributed by atoms with Gasteiger partial charge in [-0.25, -0.2) is 8.42 Å². The molecule has 1 aliphatic rings. The molecule has 0 saturated carbocycles. The Labute approximate surface area is 169 Å². The van der Waals surface area contributed by atoms with Crippen molar-refractivity contribution < 1.29 is 32.5 Å². The molecule has 1 unspecified atom stereocenters. The Morgan fingerprint density at radius 2 is 1.66 bits per heavy atom. The van der Waals surface area contributed by atoms with Crippen LogP contribution in [0.4, 0.5) is 5.69 Å². The van der Waals surface area contributed by atoms with Gasteiger partial charge in [-0.15, -0.1) is 0 Å². The van der Waals surface area contributed by atoms with E-state index in [9.17, 15) is 13.2 Å². The number of sulfonamides is 1. The van der Waals surface area contributed by atoms with Crippen LogP contribution in [0, 0.1) is 0 Å². The zero-order chi connectivity index (χ0) is 21.2. The third kappa shape index (κ3) is 4.09. The van der Waals surface area contributed by atoms with E-state index in [1.807, 2.05) is 0 Å². The number of fused-ring (bicyclic) bond motifs is 1. The van der Waals surface area contributed by atoms with E-state index in [4.69, 9.17) is 19.3 Å². The number of nitrogens with zero attached hydrogens (tertiary/aromatic N) is 1. The van der Waals surface area contributed by atoms with Crippen molar-refractivity contribution in [2.24, 2.45) is 0 Å². The van der Waals surface area contributed by atoms with Gasteiger partial charge in [-0.05, 0) is 30.2 Å². The summed E-state index contributed by atoms with van der Waals surface area (Å²) < 4.78 is 43.8. The number of hydrogen-bond acceptors (Lipinski definition) is 6. The predicted molar refractivity (Wildman–Crippen MR) is 107 cm³/mol. The van der Waals surface area contributed by atoms with Crippen LogP contribution in [0.3, 0.4) is 0 Å². The van der Waals surface area contributed by atoms with Crippen molar-refractivity contribution in [1.29, 1.82) is 0 Å². The highest BCUT2D eigenvalue weighted by Gasteiger charge is 2.37. The van der Waals surface area contributed by atoms with Crippen molar-refractivity contribution in [3.05, 3.63) is 42.0 Å². The number of hydrogen-bond donors (Lipinski definition) is 1. The largest absolute Gasteiger partial charge is 0.497 e. The summed E-state index contributed by atoms with van der Waals surface area (Å²) in [6.45, 7) is 0.150. The van der Waals surface area contributed by atoms with E-state index in [-0.39, 0.29) is 23.8 Å². The Bertz CT molecular complexity index is 997. The summed E-state index contributed by atoms with van der Waals surface area (Å²) in [4.78, 5) is 11.1. The molecular weight excluding hydrogens is 398 g/mol. The Hall–Kier alpha value is -2.94. The summed E-state index contributed by atoms with van der Waals surface area (Å²) in [5.41, 5.74) is 1.27. The second-order valence-electron chi connectivity index (χ2n) is 6.64. The maximum absolute atomic E-state index is 13.4. The summed E-state index contributed by atoms with van der Waals surface area (Å²) in [5, 5.41) is 9.06. The lowest BCUT2D eigenvalue weighted by molar-refractivity contribution is -0.137. The van der Waals surface area contributed by atoms with Gasteiger partial charge in [0.05, 0.1) is 31.9 Å². The first-order valence-corrected chi connectivity index (χ1v) is 10.4. The van der Waals surface area contributed by atoms with E-state index in [0.29, 0.717) is 29.4 Å². The van der Waals surface area contributed by atoms with Gasteiger partial charge in [0.2, 0.25) is 0 Å². The molecule has 8 nitrogen and oxygen atoms in total. The van der Waals surface area contributed by atoms with Gasteiger partial charge < -0.3 is 19.3 Å². The molecule has 156 valence electrons. The molecule has 1 aliphatic heterocycles. The summed E-state index contributed by atoms with van der Waals surface area (Å²) in [5.74, 6) is 0.136. The molecule has 0 bridgehead atoms. The van der Waals surface area contributed by atoms with Crippen LogP contribution >= 0.6 is 0 Å². The van der Waals surface area contributed by atoms with E-state index in [2.05, 4.69) is 0 Å². The van der Waals surface area contributed by atoms with Gasteiger partial charge in [-0.3, -0.25) is 9.10 Å². The van der Waals surface area contributed by atoms with Gasteiger partial charge in [0.25, 0.3) is 10.0 Å². The van der Waals surface area contributed by atoms with Crippen LogP contribution < -0.4 is 18.5 Å². The van der Waals surface area contributed by atoms with Crippen LogP contribution in [0.1, 0.15) is 24.3 Å². The predicted octanol–water partition coefficient (Wildman–Crippen LogP) is 2.87. The van der Waals surface area contributed by atoms with E-state index in [1.165, 1.54) is 37.8 Å². The van der Waals surface area contributed by atoms with Crippen molar-refractivity contribution in [3.8, 4) is 17.2 Å². The van der Waals surface area contributed by atoms with Crippen LogP contribution in [0.15, 0.2) is 41.3 Å². The van der Waals surface area contributed by atoms with Crippen molar-refractivity contribution in [2.75, 3.05) is 32.2 Å². The van der Waals surface area contributed by atoms with Crippen molar-refractivity contribution in [2.45, 2.75) is 23.7 Å². The average molecular weight is 421 g/mol. The van der Waals surface area contributed by atoms with E-state index >= 15 is 0 Å². The first-order valence-electron chi connectivity index (χ1n) is 8.95. The van der Waals surface area contributed by atoms with Crippen LogP contribution in [0.5, 0.6) is 17.2 Å². The maximum Gasteiger partial charge on any atom is 0.303 e. The number of carbonyl (C=O) groups is 1. The highest BCUT2D eigenvalue weighted by Crippen LogP contribution is 2.43. The Kier molecular flexibility index (Phi) is 5.88. The average Bonchev–Trinajstić information content (AvgIpc) is 3.10. The maximum atomic E-state index is 13.4. The number of rotatable bonds is 8. The highest BCUT2D eigenvalue weighted by atomic mass is 32.2. The minimum absolute atomic E-state index is 0.0364. The van der Waals surface area contributed by atoms with Crippen LogP contribution in [-0.4, -0.2) is 47.4 Å². The summed E-state index contributed by atoms with van der Waals surface area (Å²) >= 11 is 0. The number of benzene rings is 2. The SMILES string of the molecule is COc1cc(OC)cc(S(=O)(=O)N2CC(CCC(=O)O)c3cc(OC)ccc32)c1. The molecule has 0 amide bonds. The molecule has 9 heteroatoms. The molecule has 29 heavy (non-hydrogen) atoms. The normalized spacial score (nSPS) is 15.7.